The first-order valence-electron chi connectivity index (χ1n) is 5.26. The van der Waals surface area contributed by atoms with E-state index < -0.39 is 10.8 Å². The summed E-state index contributed by atoms with van der Waals surface area (Å²) in [6.45, 7) is 1.84. The number of carbonyl (C=O) groups excluding carboxylic acids is 1. The molecule has 0 spiro atoms. The second-order valence-electron chi connectivity index (χ2n) is 3.78. The van der Waals surface area contributed by atoms with Gasteiger partial charge in [0, 0.05) is 6.07 Å². The molecule has 0 atom stereocenters. The molecule has 104 valence electrons. The highest BCUT2D eigenvalue weighted by molar-refractivity contribution is 9.11. The number of anilines is 1. The molecule has 2 aromatic heterocycles. The molecule has 1 amide bonds. The maximum Gasteiger partial charge on any atom is 0.311 e. The average molecular weight is 377 g/mol. The molecule has 0 aliphatic heterocycles. The number of rotatable bonds is 3. The summed E-state index contributed by atoms with van der Waals surface area (Å²) < 4.78 is 0.830. The quantitative estimate of drug-likeness (QED) is 0.498. The molecule has 0 aromatic carbocycles. The predicted octanol–water partition coefficient (Wildman–Crippen LogP) is 4.03. The Balaban J connectivity index is 2.32. The molecule has 0 fully saturated rings. The van der Waals surface area contributed by atoms with Crippen molar-refractivity contribution >= 4 is 56.3 Å². The van der Waals surface area contributed by atoms with Crippen molar-refractivity contribution in [2.75, 3.05) is 5.32 Å². The first-order valence-corrected chi connectivity index (χ1v) is 7.25. The molecular formula is C11H7BrClN3O3S. The normalized spacial score (nSPS) is 10.3. The summed E-state index contributed by atoms with van der Waals surface area (Å²) in [6.07, 6.45) is 0. The molecule has 1 N–H and O–H groups in total. The lowest BCUT2D eigenvalue weighted by Crippen LogP contribution is -2.13. The minimum Gasteiger partial charge on any atom is -0.300 e. The maximum absolute atomic E-state index is 12.0. The van der Waals surface area contributed by atoms with Gasteiger partial charge in [0.2, 0.25) is 5.82 Å². The molecule has 0 saturated carbocycles. The van der Waals surface area contributed by atoms with E-state index >= 15 is 0 Å². The number of hydrogen-bond acceptors (Lipinski definition) is 5. The first kappa shape index (κ1) is 14.9. The van der Waals surface area contributed by atoms with E-state index in [4.69, 9.17) is 11.6 Å². The van der Waals surface area contributed by atoms with Crippen LogP contribution in [-0.4, -0.2) is 15.8 Å². The standard InChI is InChI=1S/C11H7BrClN3O3S/c1-5-4-7(20-9(5)12)11(17)15-10-6(16(18)19)2-3-8(13)14-10/h2-4H,1H3,(H,14,15,17). The maximum atomic E-state index is 12.0. The van der Waals surface area contributed by atoms with E-state index in [2.05, 4.69) is 26.2 Å². The number of pyridine rings is 1. The molecule has 0 saturated heterocycles. The highest BCUT2D eigenvalue weighted by Gasteiger charge is 2.20. The molecular weight excluding hydrogens is 370 g/mol. The topological polar surface area (TPSA) is 85.1 Å². The first-order chi connectivity index (χ1) is 9.38. The number of amides is 1. The van der Waals surface area contributed by atoms with E-state index in [-0.39, 0.29) is 16.7 Å². The molecule has 2 rings (SSSR count). The lowest BCUT2D eigenvalue weighted by molar-refractivity contribution is -0.384. The van der Waals surface area contributed by atoms with Crippen LogP contribution in [0.15, 0.2) is 22.0 Å². The van der Waals surface area contributed by atoms with Gasteiger partial charge >= 0.3 is 5.69 Å². The van der Waals surface area contributed by atoms with Crippen LogP contribution < -0.4 is 5.32 Å². The number of aryl methyl sites for hydroxylation is 1. The van der Waals surface area contributed by atoms with Gasteiger partial charge in [0.1, 0.15) is 5.15 Å². The van der Waals surface area contributed by atoms with Gasteiger partial charge in [-0.3, -0.25) is 14.9 Å². The summed E-state index contributed by atoms with van der Waals surface area (Å²) in [6, 6.07) is 4.17. The van der Waals surface area contributed by atoms with Gasteiger partial charge in [0.15, 0.2) is 0 Å². The van der Waals surface area contributed by atoms with Gasteiger partial charge in [-0.1, -0.05) is 11.6 Å². The monoisotopic (exact) mass is 375 g/mol. The van der Waals surface area contributed by atoms with E-state index in [1.807, 2.05) is 6.92 Å². The molecule has 20 heavy (non-hydrogen) atoms. The number of halogens is 2. The highest BCUT2D eigenvalue weighted by atomic mass is 79.9. The van der Waals surface area contributed by atoms with Crippen LogP contribution in [0, 0.1) is 17.0 Å². The van der Waals surface area contributed by atoms with E-state index in [0.717, 1.165) is 9.35 Å². The molecule has 2 heterocycles. The number of thiophene rings is 1. The smallest absolute Gasteiger partial charge is 0.300 e. The Bertz CT molecular complexity index is 685. The van der Waals surface area contributed by atoms with Crippen molar-refractivity contribution < 1.29 is 9.72 Å². The summed E-state index contributed by atoms with van der Waals surface area (Å²) in [4.78, 5) is 26.5. The van der Waals surface area contributed by atoms with Gasteiger partial charge in [0.05, 0.1) is 13.6 Å². The van der Waals surface area contributed by atoms with Crippen molar-refractivity contribution in [1.29, 1.82) is 0 Å². The van der Waals surface area contributed by atoms with Crippen molar-refractivity contribution in [3.8, 4) is 0 Å². The van der Waals surface area contributed by atoms with E-state index in [0.29, 0.717) is 4.88 Å². The number of carbonyl (C=O) groups is 1. The number of nitrogens with zero attached hydrogens (tertiary/aromatic N) is 2. The Morgan fingerprint density at radius 2 is 2.25 bits per heavy atom. The Morgan fingerprint density at radius 1 is 1.55 bits per heavy atom. The SMILES string of the molecule is Cc1cc(C(=O)Nc2nc(Cl)ccc2[N+](=O)[O-])sc1Br. The van der Waals surface area contributed by atoms with Gasteiger partial charge in [0.25, 0.3) is 5.91 Å². The lowest BCUT2D eigenvalue weighted by atomic mass is 10.3. The summed E-state index contributed by atoms with van der Waals surface area (Å²) in [5.74, 6) is -0.642. The largest absolute Gasteiger partial charge is 0.311 e. The molecule has 9 heteroatoms. The van der Waals surface area contributed by atoms with Crippen molar-refractivity contribution in [2.45, 2.75) is 6.92 Å². The fraction of sp³-hybridized carbons (Fsp3) is 0.0909. The molecule has 0 aliphatic rings. The third kappa shape index (κ3) is 3.14. The van der Waals surface area contributed by atoms with Crippen LogP contribution in [-0.2, 0) is 0 Å². The van der Waals surface area contributed by atoms with Gasteiger partial charge in [-0.05, 0) is 40.5 Å². The Labute approximate surface area is 131 Å². The van der Waals surface area contributed by atoms with Gasteiger partial charge in [-0.2, -0.15) is 0 Å². The van der Waals surface area contributed by atoms with Gasteiger partial charge in [-0.25, -0.2) is 4.98 Å². The summed E-state index contributed by atoms with van der Waals surface area (Å²) in [5.41, 5.74) is 0.601. The molecule has 0 aliphatic carbocycles. The third-order valence-electron chi connectivity index (χ3n) is 2.35. The Morgan fingerprint density at radius 3 is 2.80 bits per heavy atom. The fourth-order valence-corrected chi connectivity index (χ4v) is 2.99. The fourth-order valence-electron chi connectivity index (χ4n) is 1.41. The van der Waals surface area contributed by atoms with Crippen LogP contribution in [0.2, 0.25) is 5.15 Å². The van der Waals surface area contributed by atoms with Crippen molar-refractivity contribution in [3.63, 3.8) is 0 Å². The van der Waals surface area contributed by atoms with Crippen LogP contribution >= 0.6 is 38.9 Å². The highest BCUT2D eigenvalue weighted by Crippen LogP contribution is 2.29. The molecule has 0 bridgehead atoms. The Hall–Kier alpha value is -1.51. The number of hydrogen-bond donors (Lipinski definition) is 1. The molecule has 6 nitrogen and oxygen atoms in total. The van der Waals surface area contributed by atoms with Gasteiger partial charge < -0.3 is 5.32 Å². The van der Waals surface area contributed by atoms with Crippen LogP contribution in [0.5, 0.6) is 0 Å². The summed E-state index contributed by atoms with van der Waals surface area (Å²) in [5, 5.41) is 13.3. The number of nitrogens with one attached hydrogen (secondary N) is 1. The summed E-state index contributed by atoms with van der Waals surface area (Å²) in [7, 11) is 0. The Kier molecular flexibility index (Phi) is 4.36. The minimum absolute atomic E-state index is 0.0643. The lowest BCUT2D eigenvalue weighted by Gasteiger charge is -2.03. The zero-order chi connectivity index (χ0) is 14.9. The average Bonchev–Trinajstić information content (AvgIpc) is 2.69. The van der Waals surface area contributed by atoms with E-state index in [1.54, 1.807) is 6.07 Å². The minimum atomic E-state index is -0.630. The van der Waals surface area contributed by atoms with Crippen molar-refractivity contribution in [2.24, 2.45) is 0 Å². The van der Waals surface area contributed by atoms with E-state index in [1.165, 1.54) is 23.5 Å². The zero-order valence-corrected chi connectivity index (χ0v) is 13.2. The second-order valence-corrected chi connectivity index (χ2v) is 6.54. The second kappa shape index (κ2) is 5.86. The van der Waals surface area contributed by atoms with Crippen LogP contribution in [0.4, 0.5) is 11.5 Å². The zero-order valence-electron chi connectivity index (χ0n) is 10.0. The molecule has 0 radical (unpaired) electrons. The van der Waals surface area contributed by atoms with Gasteiger partial charge in [-0.15, -0.1) is 11.3 Å². The van der Waals surface area contributed by atoms with Crippen molar-refractivity contribution in [3.05, 3.63) is 47.7 Å². The van der Waals surface area contributed by atoms with Crippen LogP contribution in [0.25, 0.3) is 0 Å². The number of aromatic nitrogens is 1. The molecule has 0 unspecified atom stereocenters. The third-order valence-corrected chi connectivity index (χ3v) is 4.70. The molecule has 2 aromatic rings. The van der Waals surface area contributed by atoms with Crippen LogP contribution in [0.1, 0.15) is 15.2 Å². The van der Waals surface area contributed by atoms with Crippen molar-refractivity contribution in [1.82, 2.24) is 4.98 Å². The van der Waals surface area contributed by atoms with E-state index in [9.17, 15) is 14.9 Å². The summed E-state index contributed by atoms with van der Waals surface area (Å²) >= 11 is 10.2. The van der Waals surface area contributed by atoms with Crippen LogP contribution in [0.3, 0.4) is 0 Å². The number of nitro groups is 1. The predicted molar refractivity (Wildman–Crippen MR) is 80.6 cm³/mol.